The number of hydrogen-bond donors (Lipinski definition) is 1. The number of oxazole rings is 1. The zero-order chi connectivity index (χ0) is 19.1. The first-order valence-electron chi connectivity index (χ1n) is 9.92. The van der Waals surface area contributed by atoms with Gasteiger partial charge in [0.05, 0.1) is 17.3 Å². The molecule has 2 aromatic heterocycles. The van der Waals surface area contributed by atoms with Crippen molar-refractivity contribution < 1.29 is 9.21 Å². The van der Waals surface area contributed by atoms with Gasteiger partial charge in [-0.3, -0.25) is 9.78 Å². The molecule has 5 rings (SSSR count). The molecule has 2 aliphatic carbocycles. The molecule has 0 saturated heterocycles. The van der Waals surface area contributed by atoms with Crippen LogP contribution in [0.4, 0.5) is 0 Å². The molecule has 1 fully saturated rings. The smallest absolute Gasteiger partial charge is 0.253 e. The van der Waals surface area contributed by atoms with E-state index in [0.29, 0.717) is 16.9 Å². The fourth-order valence-electron chi connectivity index (χ4n) is 4.15. The van der Waals surface area contributed by atoms with Crippen molar-refractivity contribution in [3.05, 3.63) is 66.0 Å². The fourth-order valence-corrected chi connectivity index (χ4v) is 4.15. The van der Waals surface area contributed by atoms with E-state index in [4.69, 9.17) is 4.42 Å². The Morgan fingerprint density at radius 2 is 2.14 bits per heavy atom. The van der Waals surface area contributed by atoms with E-state index in [1.165, 1.54) is 43.1 Å². The van der Waals surface area contributed by atoms with E-state index >= 15 is 0 Å². The van der Waals surface area contributed by atoms with Crippen LogP contribution in [-0.2, 0) is 0 Å². The lowest BCUT2D eigenvalue weighted by molar-refractivity contribution is 0.0934. The Morgan fingerprint density at radius 1 is 1.25 bits per heavy atom. The van der Waals surface area contributed by atoms with Crippen molar-refractivity contribution in [2.45, 2.75) is 45.1 Å². The Kier molecular flexibility index (Phi) is 4.04. The summed E-state index contributed by atoms with van der Waals surface area (Å²) in [4.78, 5) is 21.4. The molecule has 1 unspecified atom stereocenters. The predicted octanol–water partition coefficient (Wildman–Crippen LogP) is 5.06. The number of hydrogen-bond acceptors (Lipinski definition) is 4. The predicted molar refractivity (Wildman–Crippen MR) is 108 cm³/mol. The van der Waals surface area contributed by atoms with Gasteiger partial charge in [-0.1, -0.05) is 24.3 Å². The monoisotopic (exact) mass is 373 g/mol. The summed E-state index contributed by atoms with van der Waals surface area (Å²) in [6.07, 6.45) is 13.5. The number of carbonyl (C=O) groups is 1. The second kappa shape index (κ2) is 6.59. The van der Waals surface area contributed by atoms with Crippen LogP contribution < -0.4 is 5.32 Å². The number of benzene rings is 1. The van der Waals surface area contributed by atoms with Gasteiger partial charge in [-0.05, 0) is 56.1 Å². The summed E-state index contributed by atoms with van der Waals surface area (Å²) in [6, 6.07) is 7.84. The molecule has 2 heterocycles. The minimum Gasteiger partial charge on any atom is -0.447 e. The van der Waals surface area contributed by atoms with Crippen molar-refractivity contribution >= 4 is 22.4 Å². The summed E-state index contributed by atoms with van der Waals surface area (Å²) in [5.74, 6) is 0.306. The highest BCUT2D eigenvalue weighted by Gasteiger charge is 2.42. The van der Waals surface area contributed by atoms with Gasteiger partial charge >= 0.3 is 0 Å². The summed E-state index contributed by atoms with van der Waals surface area (Å²) in [7, 11) is 0. The maximum absolute atomic E-state index is 12.6. The van der Waals surface area contributed by atoms with Crippen molar-refractivity contribution in [1.29, 1.82) is 0 Å². The molecule has 28 heavy (non-hydrogen) atoms. The molecular formula is C23H23N3O2. The van der Waals surface area contributed by atoms with Crippen molar-refractivity contribution in [1.82, 2.24) is 15.3 Å². The molecule has 1 aromatic carbocycles. The van der Waals surface area contributed by atoms with Gasteiger partial charge in [0.15, 0.2) is 0 Å². The highest BCUT2D eigenvalue weighted by molar-refractivity contribution is 5.99. The van der Waals surface area contributed by atoms with Crippen LogP contribution in [0.25, 0.3) is 16.5 Å². The highest BCUT2D eigenvalue weighted by Crippen LogP contribution is 2.56. The normalized spacial score (nSPS) is 18.7. The van der Waals surface area contributed by atoms with Crippen molar-refractivity contribution in [3.63, 3.8) is 0 Å². The summed E-state index contributed by atoms with van der Waals surface area (Å²) in [5, 5.41) is 3.90. The first-order valence-corrected chi connectivity index (χ1v) is 9.92. The molecule has 0 aliphatic heterocycles. The molecule has 1 atom stereocenters. The third-order valence-electron chi connectivity index (χ3n) is 6.15. The number of amides is 1. The van der Waals surface area contributed by atoms with E-state index in [0.717, 1.165) is 17.3 Å². The molecule has 0 bridgehead atoms. The number of pyridine rings is 1. The molecule has 142 valence electrons. The van der Waals surface area contributed by atoms with Crippen LogP contribution in [0.15, 0.2) is 53.4 Å². The first-order chi connectivity index (χ1) is 13.6. The standard InChI is InChI=1S/C23H23N3O2/c1-15(22-24-11-12-28-22)26-21(27)18-13-17-3-2-4-19(20(17)25-14-18)16-5-7-23(8-6-16)9-10-23/h2-5,11-15H,6-10H2,1H3,(H,26,27). The average molecular weight is 373 g/mol. The largest absolute Gasteiger partial charge is 0.447 e. The van der Waals surface area contributed by atoms with E-state index in [-0.39, 0.29) is 11.9 Å². The molecule has 1 N–H and O–H groups in total. The molecule has 1 saturated carbocycles. The third kappa shape index (κ3) is 3.11. The molecule has 1 amide bonds. The van der Waals surface area contributed by atoms with Gasteiger partial charge in [0.1, 0.15) is 12.3 Å². The number of nitrogens with one attached hydrogen (secondary N) is 1. The van der Waals surface area contributed by atoms with Crippen molar-refractivity contribution in [3.8, 4) is 0 Å². The lowest BCUT2D eigenvalue weighted by Gasteiger charge is -2.22. The Morgan fingerprint density at radius 3 is 2.86 bits per heavy atom. The number of carbonyl (C=O) groups excluding carboxylic acids is 1. The summed E-state index contributed by atoms with van der Waals surface area (Å²) < 4.78 is 5.26. The number of allylic oxidation sites excluding steroid dienone is 2. The Hall–Kier alpha value is -2.95. The Bertz CT molecular complexity index is 1060. The molecule has 5 nitrogen and oxygen atoms in total. The average Bonchev–Trinajstić information content (AvgIpc) is 3.24. The molecule has 0 radical (unpaired) electrons. The van der Waals surface area contributed by atoms with Gasteiger partial charge in [-0.15, -0.1) is 0 Å². The van der Waals surface area contributed by atoms with Crippen LogP contribution in [0.5, 0.6) is 0 Å². The first kappa shape index (κ1) is 17.2. The van der Waals surface area contributed by atoms with Gasteiger partial charge in [0.2, 0.25) is 5.89 Å². The third-order valence-corrected chi connectivity index (χ3v) is 6.15. The Labute approximate surface area is 163 Å². The summed E-state index contributed by atoms with van der Waals surface area (Å²) >= 11 is 0. The van der Waals surface area contributed by atoms with Gasteiger partial charge in [-0.25, -0.2) is 4.98 Å². The van der Waals surface area contributed by atoms with E-state index in [1.54, 1.807) is 12.4 Å². The number of para-hydroxylation sites is 1. The maximum atomic E-state index is 12.6. The van der Waals surface area contributed by atoms with Gasteiger partial charge in [0.25, 0.3) is 5.91 Å². The van der Waals surface area contributed by atoms with Crippen LogP contribution in [-0.4, -0.2) is 15.9 Å². The van der Waals surface area contributed by atoms with Crippen LogP contribution in [0, 0.1) is 5.41 Å². The minimum absolute atomic E-state index is 0.182. The number of nitrogens with zero attached hydrogens (tertiary/aromatic N) is 2. The topological polar surface area (TPSA) is 68.0 Å². The van der Waals surface area contributed by atoms with E-state index in [2.05, 4.69) is 33.5 Å². The lowest BCUT2D eigenvalue weighted by Crippen LogP contribution is -2.26. The van der Waals surface area contributed by atoms with Gasteiger partial charge in [0, 0.05) is 17.1 Å². The van der Waals surface area contributed by atoms with E-state index < -0.39 is 0 Å². The second-order valence-corrected chi connectivity index (χ2v) is 8.10. The van der Waals surface area contributed by atoms with Crippen LogP contribution >= 0.6 is 0 Å². The fraction of sp³-hybridized carbons (Fsp3) is 0.348. The van der Waals surface area contributed by atoms with E-state index in [9.17, 15) is 4.79 Å². The zero-order valence-electron chi connectivity index (χ0n) is 15.9. The Balaban J connectivity index is 1.41. The molecular weight excluding hydrogens is 350 g/mol. The van der Waals surface area contributed by atoms with Gasteiger partial charge in [-0.2, -0.15) is 0 Å². The molecule has 5 heteroatoms. The maximum Gasteiger partial charge on any atom is 0.253 e. The van der Waals surface area contributed by atoms with Crippen molar-refractivity contribution in [2.24, 2.45) is 5.41 Å². The number of rotatable bonds is 4. The lowest BCUT2D eigenvalue weighted by atomic mass is 9.84. The minimum atomic E-state index is -0.299. The van der Waals surface area contributed by atoms with Crippen LogP contribution in [0.2, 0.25) is 0 Å². The summed E-state index contributed by atoms with van der Waals surface area (Å²) in [6.45, 7) is 1.85. The zero-order valence-corrected chi connectivity index (χ0v) is 15.9. The summed E-state index contributed by atoms with van der Waals surface area (Å²) in [5.41, 5.74) is 4.72. The molecule has 1 spiro atoms. The second-order valence-electron chi connectivity index (χ2n) is 8.10. The van der Waals surface area contributed by atoms with Crippen molar-refractivity contribution in [2.75, 3.05) is 0 Å². The SMILES string of the molecule is CC(NC(=O)c1cnc2c(C3=CCC4(CC3)CC4)cccc2c1)c1ncco1. The quantitative estimate of drug-likeness (QED) is 0.694. The molecule has 2 aliphatic rings. The van der Waals surface area contributed by atoms with Gasteiger partial charge < -0.3 is 9.73 Å². The van der Waals surface area contributed by atoms with E-state index in [1.807, 2.05) is 19.1 Å². The number of aromatic nitrogens is 2. The van der Waals surface area contributed by atoms with Crippen LogP contribution in [0.3, 0.4) is 0 Å². The molecule has 3 aromatic rings. The number of fused-ring (bicyclic) bond motifs is 1. The highest BCUT2D eigenvalue weighted by atomic mass is 16.3. The van der Waals surface area contributed by atoms with Crippen LogP contribution in [0.1, 0.15) is 66.9 Å².